The van der Waals surface area contributed by atoms with Gasteiger partial charge < -0.3 is 15.1 Å². The lowest BCUT2D eigenvalue weighted by atomic mass is 9.86. The summed E-state index contributed by atoms with van der Waals surface area (Å²) in [5.74, 6) is 1.16. The van der Waals surface area contributed by atoms with Gasteiger partial charge in [0.1, 0.15) is 0 Å². The number of likely N-dealkylation sites (N-methyl/N-ethyl adjacent to an activating group) is 1. The number of piperazine rings is 1. The van der Waals surface area contributed by atoms with Gasteiger partial charge in [-0.25, -0.2) is 0 Å². The lowest BCUT2D eigenvalue weighted by Crippen LogP contribution is -2.47. The summed E-state index contributed by atoms with van der Waals surface area (Å²) in [4.78, 5) is 12.6. The molecule has 138 valence electrons. The molecule has 3 rings (SSSR count). The van der Waals surface area contributed by atoms with Crippen molar-refractivity contribution in [1.82, 2.24) is 20.0 Å². The van der Waals surface area contributed by atoms with E-state index >= 15 is 0 Å². The summed E-state index contributed by atoms with van der Waals surface area (Å²) in [6.07, 6.45) is 7.11. The zero-order chi connectivity index (χ0) is 16.8. The molecule has 2 saturated heterocycles. The van der Waals surface area contributed by atoms with Gasteiger partial charge in [0, 0.05) is 52.4 Å². The second kappa shape index (κ2) is 8.52. The Hall–Kier alpha value is -0.810. The highest BCUT2D eigenvalue weighted by molar-refractivity contribution is 5.80. The first kappa shape index (κ1) is 18.0. The van der Waals surface area contributed by atoms with Gasteiger partial charge in [-0.05, 0) is 38.1 Å². The minimum atomic E-state index is 0.618. The van der Waals surface area contributed by atoms with Crippen LogP contribution in [0.15, 0.2) is 4.99 Å². The van der Waals surface area contributed by atoms with Crippen molar-refractivity contribution in [3.63, 3.8) is 0 Å². The van der Waals surface area contributed by atoms with Crippen LogP contribution in [-0.4, -0.2) is 86.1 Å². The Labute approximate surface area is 148 Å². The van der Waals surface area contributed by atoms with Crippen molar-refractivity contribution in [2.45, 2.75) is 46.0 Å². The summed E-state index contributed by atoms with van der Waals surface area (Å²) in [6, 6.07) is 0. The molecule has 3 fully saturated rings. The van der Waals surface area contributed by atoms with E-state index in [-0.39, 0.29) is 0 Å². The fourth-order valence-corrected chi connectivity index (χ4v) is 4.70. The number of hydrogen-bond acceptors (Lipinski definition) is 3. The maximum atomic E-state index is 4.96. The van der Waals surface area contributed by atoms with Gasteiger partial charge in [-0.1, -0.05) is 19.8 Å². The van der Waals surface area contributed by atoms with Gasteiger partial charge in [0.15, 0.2) is 5.96 Å². The summed E-state index contributed by atoms with van der Waals surface area (Å²) in [5.41, 5.74) is 0.618. The van der Waals surface area contributed by atoms with E-state index in [1.54, 1.807) is 0 Å². The summed E-state index contributed by atoms with van der Waals surface area (Å²) in [6.45, 7) is 15.9. The SMILES string of the molecule is CCNC(=NCCN1CCN(CC)CC1)N1CCC2(CCCC2)C1. The van der Waals surface area contributed by atoms with Crippen molar-refractivity contribution in [3.05, 3.63) is 0 Å². The summed E-state index contributed by atoms with van der Waals surface area (Å²) in [7, 11) is 0. The van der Waals surface area contributed by atoms with Crippen molar-refractivity contribution >= 4 is 5.96 Å². The average Bonchev–Trinajstić information content (AvgIpc) is 3.25. The first-order valence-corrected chi connectivity index (χ1v) is 10.2. The molecular formula is C19H37N5. The number of hydrogen-bond donors (Lipinski definition) is 1. The summed E-state index contributed by atoms with van der Waals surface area (Å²) in [5, 5.41) is 3.53. The Balaban J connectivity index is 1.47. The van der Waals surface area contributed by atoms with Crippen molar-refractivity contribution in [1.29, 1.82) is 0 Å². The monoisotopic (exact) mass is 335 g/mol. The minimum absolute atomic E-state index is 0.618. The van der Waals surface area contributed by atoms with Gasteiger partial charge in [-0.3, -0.25) is 9.89 Å². The number of nitrogens with one attached hydrogen (secondary N) is 1. The smallest absolute Gasteiger partial charge is 0.193 e. The van der Waals surface area contributed by atoms with E-state index in [1.165, 1.54) is 77.9 Å². The molecule has 0 bridgehead atoms. The predicted octanol–water partition coefficient (Wildman–Crippen LogP) is 1.86. The van der Waals surface area contributed by atoms with Crippen LogP contribution in [0.1, 0.15) is 46.0 Å². The lowest BCUT2D eigenvalue weighted by Gasteiger charge is -2.33. The zero-order valence-corrected chi connectivity index (χ0v) is 15.9. The van der Waals surface area contributed by atoms with Crippen LogP contribution in [0.5, 0.6) is 0 Å². The molecule has 1 spiro atoms. The molecule has 1 saturated carbocycles. The van der Waals surface area contributed by atoms with Crippen LogP contribution in [0.4, 0.5) is 0 Å². The molecule has 2 heterocycles. The Kier molecular flexibility index (Phi) is 6.39. The van der Waals surface area contributed by atoms with Crippen LogP contribution in [0.25, 0.3) is 0 Å². The van der Waals surface area contributed by atoms with Crippen molar-refractivity contribution < 1.29 is 0 Å². The van der Waals surface area contributed by atoms with E-state index in [4.69, 9.17) is 4.99 Å². The second-order valence-corrected chi connectivity index (χ2v) is 7.89. The Morgan fingerprint density at radius 3 is 2.33 bits per heavy atom. The van der Waals surface area contributed by atoms with Crippen LogP contribution in [0.2, 0.25) is 0 Å². The molecule has 0 amide bonds. The molecule has 0 aromatic carbocycles. The minimum Gasteiger partial charge on any atom is -0.357 e. The van der Waals surface area contributed by atoms with E-state index in [1.807, 2.05) is 0 Å². The van der Waals surface area contributed by atoms with Crippen molar-refractivity contribution in [2.75, 3.05) is 65.4 Å². The number of likely N-dealkylation sites (tertiary alicyclic amines) is 1. The first-order valence-electron chi connectivity index (χ1n) is 10.2. The maximum Gasteiger partial charge on any atom is 0.193 e. The average molecular weight is 336 g/mol. The summed E-state index contributed by atoms with van der Waals surface area (Å²) >= 11 is 0. The maximum absolute atomic E-state index is 4.96. The molecule has 1 aliphatic carbocycles. The molecule has 0 aromatic heterocycles. The third-order valence-corrected chi connectivity index (χ3v) is 6.33. The Morgan fingerprint density at radius 1 is 0.958 bits per heavy atom. The topological polar surface area (TPSA) is 34.1 Å². The van der Waals surface area contributed by atoms with E-state index < -0.39 is 0 Å². The number of nitrogens with zero attached hydrogens (tertiary/aromatic N) is 4. The Morgan fingerprint density at radius 2 is 1.67 bits per heavy atom. The van der Waals surface area contributed by atoms with Gasteiger partial charge in [0.2, 0.25) is 0 Å². The number of aliphatic imine (C=N–C) groups is 1. The van der Waals surface area contributed by atoms with E-state index in [0.29, 0.717) is 5.41 Å². The number of guanidine groups is 1. The third-order valence-electron chi connectivity index (χ3n) is 6.33. The second-order valence-electron chi connectivity index (χ2n) is 7.89. The third kappa shape index (κ3) is 4.42. The molecule has 24 heavy (non-hydrogen) atoms. The Bertz CT molecular complexity index is 408. The fourth-order valence-electron chi connectivity index (χ4n) is 4.70. The fraction of sp³-hybridized carbons (Fsp3) is 0.947. The van der Waals surface area contributed by atoms with Gasteiger partial charge in [-0.2, -0.15) is 0 Å². The molecule has 5 heteroatoms. The van der Waals surface area contributed by atoms with Crippen LogP contribution >= 0.6 is 0 Å². The molecule has 2 aliphatic heterocycles. The molecule has 0 atom stereocenters. The van der Waals surface area contributed by atoms with E-state index in [0.717, 1.165) is 25.6 Å². The predicted molar refractivity (Wildman–Crippen MR) is 102 cm³/mol. The van der Waals surface area contributed by atoms with Gasteiger partial charge >= 0.3 is 0 Å². The summed E-state index contributed by atoms with van der Waals surface area (Å²) < 4.78 is 0. The number of rotatable bonds is 5. The molecule has 0 unspecified atom stereocenters. The molecule has 0 aromatic rings. The molecule has 0 radical (unpaired) electrons. The van der Waals surface area contributed by atoms with E-state index in [2.05, 4.69) is 33.9 Å². The quantitative estimate of drug-likeness (QED) is 0.614. The van der Waals surface area contributed by atoms with Crippen LogP contribution in [-0.2, 0) is 0 Å². The molecular weight excluding hydrogens is 298 g/mol. The highest BCUT2D eigenvalue weighted by atomic mass is 15.3. The van der Waals surface area contributed by atoms with Crippen LogP contribution < -0.4 is 5.32 Å². The largest absolute Gasteiger partial charge is 0.357 e. The van der Waals surface area contributed by atoms with Crippen LogP contribution in [0.3, 0.4) is 0 Å². The first-order chi connectivity index (χ1) is 11.7. The highest BCUT2D eigenvalue weighted by Gasteiger charge is 2.41. The van der Waals surface area contributed by atoms with Crippen molar-refractivity contribution in [3.8, 4) is 0 Å². The normalized spacial score (nSPS) is 25.8. The van der Waals surface area contributed by atoms with Gasteiger partial charge in [0.05, 0.1) is 6.54 Å². The highest BCUT2D eigenvalue weighted by Crippen LogP contribution is 2.45. The zero-order valence-electron chi connectivity index (χ0n) is 15.9. The lowest BCUT2D eigenvalue weighted by molar-refractivity contribution is 0.140. The molecule has 3 aliphatic rings. The molecule has 5 nitrogen and oxygen atoms in total. The van der Waals surface area contributed by atoms with Crippen molar-refractivity contribution in [2.24, 2.45) is 10.4 Å². The molecule has 1 N–H and O–H groups in total. The van der Waals surface area contributed by atoms with Gasteiger partial charge in [-0.15, -0.1) is 0 Å². The van der Waals surface area contributed by atoms with E-state index in [9.17, 15) is 0 Å². The standard InChI is InChI=1S/C19H37N5/c1-3-20-18(24-11-9-19(17-24)7-5-6-8-19)21-10-12-23-15-13-22(4-2)14-16-23/h3-17H2,1-2H3,(H,20,21). The van der Waals surface area contributed by atoms with Crippen LogP contribution in [0, 0.1) is 5.41 Å². The van der Waals surface area contributed by atoms with Gasteiger partial charge in [0.25, 0.3) is 0 Å².